The number of hydrogen-bond donors (Lipinski definition) is 2. The summed E-state index contributed by atoms with van der Waals surface area (Å²) >= 11 is 1.14. The monoisotopic (exact) mass is 280 g/mol. The lowest BCUT2D eigenvalue weighted by atomic mass is 10.0. The molecule has 102 valence electrons. The van der Waals surface area contributed by atoms with Crippen molar-refractivity contribution in [2.75, 3.05) is 11.9 Å². The summed E-state index contributed by atoms with van der Waals surface area (Å²) in [5.41, 5.74) is 0.294. The smallest absolute Gasteiger partial charge is 0.356 e. The fourth-order valence-corrected chi connectivity index (χ4v) is 3.46. The summed E-state index contributed by atoms with van der Waals surface area (Å²) in [6.07, 6.45) is 5.14. The van der Waals surface area contributed by atoms with E-state index >= 15 is 0 Å². The Balaban J connectivity index is 1.72. The molecule has 5 nitrogen and oxygen atoms in total. The van der Waals surface area contributed by atoms with Gasteiger partial charge in [-0.15, -0.1) is 0 Å². The Labute approximate surface area is 115 Å². The first kappa shape index (κ1) is 12.6. The molecule has 1 aromatic rings. The number of carbonyl (C=O) groups is 2. The maximum absolute atomic E-state index is 11.4. The Kier molecular flexibility index (Phi) is 2.85. The number of carbonyl (C=O) groups excluding carboxylic acids is 1. The SMILES string of the molecule is CC(=O)c1sc(NCC2(C3CC3)CC2)nc1C(=O)O. The fraction of sp³-hybridized carbons (Fsp3) is 0.615. The van der Waals surface area contributed by atoms with Gasteiger partial charge in [0.25, 0.3) is 0 Å². The molecule has 2 aliphatic carbocycles. The maximum atomic E-state index is 11.4. The number of aromatic carboxylic acids is 1. The molecule has 0 spiro atoms. The standard InChI is InChI=1S/C13H16N2O3S/c1-7(16)10-9(11(17)18)15-12(19-10)14-6-13(4-5-13)8-2-3-8/h8H,2-6H2,1H3,(H,14,15)(H,17,18). The molecule has 0 bridgehead atoms. The number of nitrogens with zero attached hydrogens (tertiary/aromatic N) is 1. The van der Waals surface area contributed by atoms with Crippen LogP contribution in [0.2, 0.25) is 0 Å². The quantitative estimate of drug-likeness (QED) is 0.783. The Morgan fingerprint density at radius 2 is 2.16 bits per heavy atom. The van der Waals surface area contributed by atoms with Crippen molar-refractivity contribution in [3.05, 3.63) is 10.6 Å². The van der Waals surface area contributed by atoms with E-state index in [4.69, 9.17) is 5.11 Å². The molecule has 0 amide bonds. The molecule has 0 unspecified atom stereocenters. The van der Waals surface area contributed by atoms with Gasteiger partial charge in [-0.2, -0.15) is 0 Å². The van der Waals surface area contributed by atoms with E-state index in [1.54, 1.807) is 0 Å². The van der Waals surface area contributed by atoms with Crippen molar-refractivity contribution < 1.29 is 14.7 Å². The number of nitrogens with one attached hydrogen (secondary N) is 1. The van der Waals surface area contributed by atoms with E-state index in [0.29, 0.717) is 10.5 Å². The number of Topliss-reactive ketones (excluding diaryl/α,β-unsaturated/α-hetero) is 1. The average Bonchev–Trinajstić information content (AvgIpc) is 3.23. The lowest BCUT2D eigenvalue weighted by molar-refractivity contribution is 0.0687. The second-order valence-electron chi connectivity index (χ2n) is 5.55. The predicted octanol–water partition coefficient (Wildman–Crippen LogP) is 2.65. The van der Waals surface area contributed by atoms with Gasteiger partial charge in [0.2, 0.25) is 0 Å². The predicted molar refractivity (Wildman–Crippen MR) is 72.0 cm³/mol. The highest BCUT2D eigenvalue weighted by Gasteiger charge is 2.53. The Hall–Kier alpha value is -1.43. The summed E-state index contributed by atoms with van der Waals surface area (Å²) in [6, 6.07) is 0. The Bertz CT molecular complexity index is 513. The third-order valence-corrected chi connectivity index (χ3v) is 5.19. The molecular formula is C13H16N2O3S. The zero-order valence-electron chi connectivity index (χ0n) is 10.7. The molecule has 3 rings (SSSR count). The highest BCUT2D eigenvalue weighted by molar-refractivity contribution is 7.17. The Morgan fingerprint density at radius 1 is 1.47 bits per heavy atom. The van der Waals surface area contributed by atoms with Crippen LogP contribution in [0.5, 0.6) is 0 Å². The maximum Gasteiger partial charge on any atom is 0.356 e. The van der Waals surface area contributed by atoms with Crippen molar-refractivity contribution in [3.8, 4) is 0 Å². The second-order valence-corrected chi connectivity index (χ2v) is 6.55. The van der Waals surface area contributed by atoms with Crippen LogP contribution in [0, 0.1) is 11.3 Å². The average molecular weight is 280 g/mol. The molecule has 6 heteroatoms. The first-order chi connectivity index (χ1) is 9.02. The third kappa shape index (κ3) is 2.36. The molecule has 0 aromatic carbocycles. The van der Waals surface area contributed by atoms with Crippen molar-refractivity contribution in [1.82, 2.24) is 4.98 Å². The molecule has 2 aliphatic rings. The number of rotatable bonds is 6. The van der Waals surface area contributed by atoms with Gasteiger partial charge >= 0.3 is 5.97 Å². The van der Waals surface area contributed by atoms with Crippen LogP contribution in [0.4, 0.5) is 5.13 Å². The normalized spacial score (nSPS) is 20.1. The minimum absolute atomic E-state index is 0.128. The molecule has 2 saturated carbocycles. The second kappa shape index (κ2) is 4.30. The zero-order chi connectivity index (χ0) is 13.6. The van der Waals surface area contributed by atoms with E-state index in [1.165, 1.54) is 32.6 Å². The van der Waals surface area contributed by atoms with Crippen LogP contribution in [0.3, 0.4) is 0 Å². The molecule has 0 atom stereocenters. The largest absolute Gasteiger partial charge is 0.476 e. The Morgan fingerprint density at radius 3 is 2.58 bits per heavy atom. The van der Waals surface area contributed by atoms with Crippen LogP contribution < -0.4 is 5.32 Å². The number of carboxylic acid groups (broad SMARTS) is 1. The van der Waals surface area contributed by atoms with Gasteiger partial charge in [0, 0.05) is 13.5 Å². The van der Waals surface area contributed by atoms with Crippen LogP contribution in [0.15, 0.2) is 0 Å². The lowest BCUT2D eigenvalue weighted by Crippen LogP contribution is -2.17. The minimum atomic E-state index is -1.14. The van der Waals surface area contributed by atoms with Crippen LogP contribution in [-0.4, -0.2) is 28.4 Å². The van der Waals surface area contributed by atoms with Crippen LogP contribution in [0.1, 0.15) is 52.8 Å². The van der Waals surface area contributed by atoms with Gasteiger partial charge in [-0.3, -0.25) is 4.79 Å². The fourth-order valence-electron chi connectivity index (χ4n) is 2.62. The van der Waals surface area contributed by atoms with E-state index in [0.717, 1.165) is 23.8 Å². The highest BCUT2D eigenvalue weighted by atomic mass is 32.1. The molecule has 0 radical (unpaired) electrons. The first-order valence-electron chi connectivity index (χ1n) is 6.51. The molecule has 2 fully saturated rings. The molecule has 2 N–H and O–H groups in total. The van der Waals surface area contributed by atoms with Crippen molar-refractivity contribution in [2.24, 2.45) is 11.3 Å². The summed E-state index contributed by atoms with van der Waals surface area (Å²) < 4.78 is 0. The zero-order valence-corrected chi connectivity index (χ0v) is 11.5. The summed E-state index contributed by atoms with van der Waals surface area (Å²) in [7, 11) is 0. The van der Waals surface area contributed by atoms with Crippen LogP contribution in [0.25, 0.3) is 0 Å². The number of hydrogen-bond acceptors (Lipinski definition) is 5. The van der Waals surface area contributed by atoms with Crippen LogP contribution in [-0.2, 0) is 0 Å². The number of aromatic nitrogens is 1. The van der Waals surface area contributed by atoms with Gasteiger partial charge in [0.15, 0.2) is 16.6 Å². The molecule has 1 heterocycles. The molecule has 0 aliphatic heterocycles. The number of anilines is 1. The summed E-state index contributed by atoms with van der Waals surface area (Å²) in [6.45, 7) is 2.22. The third-order valence-electron chi connectivity index (χ3n) is 4.08. The molecule has 0 saturated heterocycles. The van der Waals surface area contributed by atoms with E-state index in [1.807, 2.05) is 0 Å². The van der Waals surface area contributed by atoms with Crippen molar-refractivity contribution in [2.45, 2.75) is 32.6 Å². The summed E-state index contributed by atoms with van der Waals surface area (Å²) in [4.78, 5) is 26.7. The van der Waals surface area contributed by atoms with Gasteiger partial charge in [0.1, 0.15) is 4.88 Å². The number of thiazole rings is 1. The highest BCUT2D eigenvalue weighted by Crippen LogP contribution is 2.61. The lowest BCUT2D eigenvalue weighted by Gasteiger charge is -2.13. The van der Waals surface area contributed by atoms with Gasteiger partial charge in [-0.05, 0) is 37.0 Å². The van der Waals surface area contributed by atoms with Gasteiger partial charge in [-0.25, -0.2) is 9.78 Å². The molecular weight excluding hydrogens is 264 g/mol. The van der Waals surface area contributed by atoms with Crippen molar-refractivity contribution >= 4 is 28.2 Å². The topological polar surface area (TPSA) is 79.3 Å². The molecule has 19 heavy (non-hydrogen) atoms. The van der Waals surface area contributed by atoms with Crippen molar-refractivity contribution in [3.63, 3.8) is 0 Å². The van der Waals surface area contributed by atoms with Crippen LogP contribution >= 0.6 is 11.3 Å². The van der Waals surface area contributed by atoms with E-state index < -0.39 is 5.97 Å². The number of ketones is 1. The first-order valence-corrected chi connectivity index (χ1v) is 7.32. The van der Waals surface area contributed by atoms with Gasteiger partial charge < -0.3 is 10.4 Å². The van der Waals surface area contributed by atoms with E-state index in [2.05, 4.69) is 10.3 Å². The number of carboxylic acids is 1. The van der Waals surface area contributed by atoms with Crippen molar-refractivity contribution in [1.29, 1.82) is 0 Å². The summed E-state index contributed by atoms with van der Waals surface area (Å²) in [5, 5.41) is 12.8. The van der Waals surface area contributed by atoms with Gasteiger partial charge in [-0.1, -0.05) is 11.3 Å². The van der Waals surface area contributed by atoms with E-state index in [-0.39, 0.29) is 16.4 Å². The minimum Gasteiger partial charge on any atom is -0.476 e. The van der Waals surface area contributed by atoms with E-state index in [9.17, 15) is 9.59 Å². The summed E-state index contributed by atoms with van der Waals surface area (Å²) in [5.74, 6) is -0.546. The van der Waals surface area contributed by atoms with Gasteiger partial charge in [0.05, 0.1) is 0 Å². The molecule has 1 aromatic heterocycles.